The van der Waals surface area contributed by atoms with Gasteiger partial charge in [-0.2, -0.15) is 0 Å². The Morgan fingerprint density at radius 2 is 1.70 bits per heavy atom. The maximum absolute atomic E-state index is 12.9. The van der Waals surface area contributed by atoms with Crippen LogP contribution in [0.4, 0.5) is 5.69 Å². The molecule has 0 radical (unpaired) electrons. The van der Waals surface area contributed by atoms with Gasteiger partial charge in [-0.15, -0.1) is 0 Å². The highest BCUT2D eigenvalue weighted by Crippen LogP contribution is 2.29. The maximum Gasteiger partial charge on any atom is 0.247 e. The Hall–Kier alpha value is -3.14. The highest BCUT2D eigenvalue weighted by Gasteiger charge is 2.31. The van der Waals surface area contributed by atoms with Crippen molar-refractivity contribution in [1.29, 1.82) is 0 Å². The highest BCUT2D eigenvalue weighted by molar-refractivity contribution is 5.87. The van der Waals surface area contributed by atoms with Crippen molar-refractivity contribution in [3.63, 3.8) is 0 Å². The summed E-state index contributed by atoms with van der Waals surface area (Å²) >= 11 is 0. The summed E-state index contributed by atoms with van der Waals surface area (Å²) in [6.45, 7) is 0. The van der Waals surface area contributed by atoms with Crippen LogP contribution >= 0.6 is 0 Å². The van der Waals surface area contributed by atoms with E-state index >= 15 is 0 Å². The van der Waals surface area contributed by atoms with Crippen LogP contribution in [0.15, 0.2) is 79.1 Å². The van der Waals surface area contributed by atoms with Crippen molar-refractivity contribution in [2.24, 2.45) is 0 Å². The van der Waals surface area contributed by atoms with Gasteiger partial charge in [0.25, 0.3) is 0 Å². The van der Waals surface area contributed by atoms with E-state index in [1.807, 2.05) is 42.3 Å². The number of rotatable bonds is 6. The zero-order valence-corrected chi connectivity index (χ0v) is 15.4. The number of nitrogens with one attached hydrogen (secondary N) is 1. The summed E-state index contributed by atoms with van der Waals surface area (Å²) in [5.41, 5.74) is 4.23. The van der Waals surface area contributed by atoms with Crippen LogP contribution in [-0.4, -0.2) is 24.0 Å². The van der Waals surface area contributed by atoms with Gasteiger partial charge in [-0.25, -0.2) is 0 Å². The number of hydrogen-bond acceptors (Lipinski definition) is 3. The molecule has 27 heavy (non-hydrogen) atoms. The largest absolute Gasteiger partial charge is 0.359 e. The number of carbonyl (C=O) groups excluding carboxylic acids is 1. The number of carbonyl (C=O) groups is 1. The van der Waals surface area contributed by atoms with E-state index in [2.05, 4.69) is 46.7 Å². The van der Waals surface area contributed by atoms with Crippen molar-refractivity contribution in [3.05, 3.63) is 84.7 Å². The van der Waals surface area contributed by atoms with Crippen LogP contribution in [-0.2, 0) is 4.79 Å². The average Bonchev–Trinajstić information content (AvgIpc) is 3.54. The number of aromatic nitrogens is 1. The fourth-order valence-corrected chi connectivity index (χ4v) is 3.27. The first-order chi connectivity index (χ1) is 13.2. The van der Waals surface area contributed by atoms with Gasteiger partial charge in [0.15, 0.2) is 0 Å². The lowest BCUT2D eigenvalue weighted by molar-refractivity contribution is -0.122. The summed E-state index contributed by atoms with van der Waals surface area (Å²) in [6, 6.07) is 22.4. The number of benzene rings is 2. The lowest BCUT2D eigenvalue weighted by Crippen LogP contribution is -2.39. The SMILES string of the molecule is CN(c1ccc(-c2ccccc2)cc1)C(C(=O)NC1CC1)c1cccnc1. The van der Waals surface area contributed by atoms with E-state index in [9.17, 15) is 4.79 Å². The fourth-order valence-electron chi connectivity index (χ4n) is 3.27. The Morgan fingerprint density at radius 3 is 2.33 bits per heavy atom. The predicted octanol–water partition coefficient (Wildman–Crippen LogP) is 4.20. The lowest BCUT2D eigenvalue weighted by atomic mass is 10.0. The molecule has 1 N–H and O–H groups in total. The second-order valence-electron chi connectivity index (χ2n) is 7.00. The van der Waals surface area contributed by atoms with Crippen LogP contribution in [0.1, 0.15) is 24.4 Å². The smallest absolute Gasteiger partial charge is 0.247 e. The topological polar surface area (TPSA) is 45.2 Å². The van der Waals surface area contributed by atoms with Crippen LogP contribution < -0.4 is 10.2 Å². The van der Waals surface area contributed by atoms with Crippen LogP contribution in [0.2, 0.25) is 0 Å². The summed E-state index contributed by atoms with van der Waals surface area (Å²) < 4.78 is 0. The molecule has 1 aliphatic rings. The van der Waals surface area contributed by atoms with E-state index in [-0.39, 0.29) is 5.91 Å². The Bertz CT molecular complexity index is 890. The highest BCUT2D eigenvalue weighted by atomic mass is 16.2. The van der Waals surface area contributed by atoms with E-state index < -0.39 is 6.04 Å². The molecule has 1 atom stereocenters. The molecule has 4 heteroatoms. The quantitative estimate of drug-likeness (QED) is 0.719. The van der Waals surface area contributed by atoms with Crippen molar-refractivity contribution >= 4 is 11.6 Å². The standard InChI is InChI=1S/C23H23N3O/c1-26(21-13-9-18(10-14-21)17-6-3-2-4-7-17)22(19-8-5-15-24-16-19)23(27)25-20-11-12-20/h2-10,13-16,20,22H,11-12H2,1H3,(H,25,27). The minimum absolute atomic E-state index is 0.0279. The fraction of sp³-hybridized carbons (Fsp3) is 0.217. The number of hydrogen-bond donors (Lipinski definition) is 1. The molecule has 1 aliphatic carbocycles. The monoisotopic (exact) mass is 357 g/mol. The molecule has 136 valence electrons. The normalized spacial score (nSPS) is 14.4. The van der Waals surface area contributed by atoms with Crippen molar-refractivity contribution < 1.29 is 4.79 Å². The zero-order chi connectivity index (χ0) is 18.6. The van der Waals surface area contributed by atoms with Gasteiger partial charge in [-0.1, -0.05) is 48.5 Å². The minimum atomic E-state index is -0.401. The second kappa shape index (κ2) is 7.62. The van der Waals surface area contributed by atoms with Crippen molar-refractivity contribution in [1.82, 2.24) is 10.3 Å². The molecule has 4 rings (SSSR count). The number of nitrogens with zero attached hydrogens (tertiary/aromatic N) is 2. The van der Waals surface area contributed by atoms with Crippen molar-refractivity contribution in [2.45, 2.75) is 24.9 Å². The van der Waals surface area contributed by atoms with Crippen molar-refractivity contribution in [2.75, 3.05) is 11.9 Å². The zero-order valence-electron chi connectivity index (χ0n) is 15.4. The second-order valence-corrected chi connectivity index (χ2v) is 7.00. The molecule has 3 aromatic rings. The van der Waals surface area contributed by atoms with Gasteiger partial charge in [0.2, 0.25) is 5.91 Å². The van der Waals surface area contributed by atoms with Gasteiger partial charge in [-0.3, -0.25) is 9.78 Å². The van der Waals surface area contributed by atoms with Gasteiger partial charge in [-0.05, 0) is 42.2 Å². The molecule has 4 nitrogen and oxygen atoms in total. The third kappa shape index (κ3) is 4.00. The molecule has 0 bridgehead atoms. The maximum atomic E-state index is 12.9. The molecule has 1 fully saturated rings. The first kappa shape index (κ1) is 17.3. The number of likely N-dealkylation sites (N-methyl/N-ethyl adjacent to an activating group) is 1. The molecule has 1 heterocycles. The molecule has 1 unspecified atom stereocenters. The molecule has 0 aliphatic heterocycles. The first-order valence-electron chi connectivity index (χ1n) is 9.31. The number of amides is 1. The Balaban J connectivity index is 1.60. The molecular weight excluding hydrogens is 334 g/mol. The average molecular weight is 357 g/mol. The summed E-state index contributed by atoms with van der Waals surface area (Å²) in [5, 5.41) is 3.13. The molecule has 0 saturated heterocycles. The third-order valence-electron chi connectivity index (χ3n) is 4.94. The predicted molar refractivity (Wildman–Crippen MR) is 108 cm³/mol. The van der Waals surface area contributed by atoms with Crippen LogP contribution in [0.5, 0.6) is 0 Å². The molecule has 1 saturated carbocycles. The molecule has 2 aromatic carbocycles. The van der Waals surface area contributed by atoms with E-state index in [0.717, 1.165) is 29.7 Å². The Morgan fingerprint density at radius 1 is 1.00 bits per heavy atom. The van der Waals surface area contributed by atoms with Gasteiger partial charge in [0.1, 0.15) is 6.04 Å². The number of pyridine rings is 1. The summed E-state index contributed by atoms with van der Waals surface area (Å²) in [5.74, 6) is 0.0279. The van der Waals surface area contributed by atoms with Gasteiger partial charge in [0.05, 0.1) is 0 Å². The van der Waals surface area contributed by atoms with E-state index in [4.69, 9.17) is 0 Å². The van der Waals surface area contributed by atoms with Crippen LogP contribution in [0.25, 0.3) is 11.1 Å². The van der Waals surface area contributed by atoms with Gasteiger partial charge in [0, 0.05) is 36.7 Å². The molecule has 1 amide bonds. The van der Waals surface area contributed by atoms with E-state index in [1.54, 1.807) is 12.4 Å². The minimum Gasteiger partial charge on any atom is -0.359 e. The molecule has 0 spiro atoms. The van der Waals surface area contributed by atoms with Crippen LogP contribution in [0, 0.1) is 0 Å². The summed E-state index contributed by atoms with van der Waals surface area (Å²) in [4.78, 5) is 19.1. The van der Waals surface area contributed by atoms with Crippen molar-refractivity contribution in [3.8, 4) is 11.1 Å². The Kier molecular flexibility index (Phi) is 4.88. The summed E-state index contributed by atoms with van der Waals surface area (Å²) in [6.07, 6.45) is 5.64. The Labute approximate surface area is 159 Å². The van der Waals surface area contributed by atoms with E-state index in [1.165, 1.54) is 5.56 Å². The van der Waals surface area contributed by atoms with Gasteiger partial charge >= 0.3 is 0 Å². The first-order valence-corrected chi connectivity index (χ1v) is 9.31. The van der Waals surface area contributed by atoms with Gasteiger partial charge < -0.3 is 10.2 Å². The number of anilines is 1. The molecular formula is C23H23N3O. The van der Waals surface area contributed by atoms with Crippen LogP contribution in [0.3, 0.4) is 0 Å². The third-order valence-corrected chi connectivity index (χ3v) is 4.94. The van der Waals surface area contributed by atoms with E-state index in [0.29, 0.717) is 6.04 Å². The summed E-state index contributed by atoms with van der Waals surface area (Å²) in [7, 11) is 1.96. The lowest BCUT2D eigenvalue weighted by Gasteiger charge is -2.29. The molecule has 1 aromatic heterocycles.